The molecule has 1 fully saturated rings. The van der Waals surface area contributed by atoms with Crippen LogP contribution in [0, 0.1) is 0 Å². The standard InChI is InChI=1S/C14H20N2O3/c1-9-3-2-4-11(16-9)8-15-14(19)10-5-6-12(17)13(18)7-10/h5-7,9,11,16-18H,2-4,8H2,1H3,(H,15,19). The zero-order chi connectivity index (χ0) is 13.8. The van der Waals surface area contributed by atoms with E-state index in [-0.39, 0.29) is 17.4 Å². The normalized spacial score (nSPS) is 23.0. The molecular weight excluding hydrogens is 244 g/mol. The number of nitrogens with one attached hydrogen (secondary N) is 2. The van der Waals surface area contributed by atoms with Gasteiger partial charge in [0.2, 0.25) is 0 Å². The highest BCUT2D eigenvalue weighted by Gasteiger charge is 2.18. The Bertz CT molecular complexity index is 462. The first-order valence-corrected chi connectivity index (χ1v) is 6.62. The Balaban J connectivity index is 1.88. The van der Waals surface area contributed by atoms with Crippen molar-refractivity contribution in [2.75, 3.05) is 6.54 Å². The van der Waals surface area contributed by atoms with Crippen molar-refractivity contribution in [3.63, 3.8) is 0 Å². The fourth-order valence-electron chi connectivity index (χ4n) is 2.38. The number of phenols is 2. The second-order valence-corrected chi connectivity index (χ2v) is 5.11. The zero-order valence-corrected chi connectivity index (χ0v) is 11.0. The Kier molecular flexibility index (Phi) is 4.27. The molecule has 0 aromatic heterocycles. The SMILES string of the molecule is CC1CCCC(CNC(=O)c2ccc(O)c(O)c2)N1. The van der Waals surface area contributed by atoms with Gasteiger partial charge in [0.1, 0.15) is 0 Å². The lowest BCUT2D eigenvalue weighted by Gasteiger charge is -2.28. The molecule has 4 N–H and O–H groups in total. The highest BCUT2D eigenvalue weighted by atomic mass is 16.3. The first-order valence-electron chi connectivity index (χ1n) is 6.62. The number of hydrogen-bond donors (Lipinski definition) is 4. The van der Waals surface area contributed by atoms with Crippen LogP contribution in [-0.4, -0.2) is 34.7 Å². The highest BCUT2D eigenvalue weighted by molar-refractivity contribution is 5.94. The second-order valence-electron chi connectivity index (χ2n) is 5.11. The first-order chi connectivity index (χ1) is 9.06. The summed E-state index contributed by atoms with van der Waals surface area (Å²) in [5, 5.41) is 24.8. The van der Waals surface area contributed by atoms with Crippen LogP contribution >= 0.6 is 0 Å². The van der Waals surface area contributed by atoms with E-state index in [1.54, 1.807) is 0 Å². The summed E-state index contributed by atoms with van der Waals surface area (Å²) in [4.78, 5) is 11.9. The van der Waals surface area contributed by atoms with Gasteiger partial charge >= 0.3 is 0 Å². The van der Waals surface area contributed by atoms with Gasteiger partial charge in [0.25, 0.3) is 5.91 Å². The van der Waals surface area contributed by atoms with Crippen LogP contribution in [0.15, 0.2) is 18.2 Å². The van der Waals surface area contributed by atoms with Crippen molar-refractivity contribution >= 4 is 5.91 Å². The Morgan fingerprint density at radius 3 is 2.84 bits per heavy atom. The lowest BCUT2D eigenvalue weighted by Crippen LogP contribution is -2.47. The van der Waals surface area contributed by atoms with Crippen LogP contribution in [0.2, 0.25) is 0 Å². The van der Waals surface area contributed by atoms with Gasteiger partial charge in [-0.1, -0.05) is 6.42 Å². The molecular formula is C14H20N2O3. The number of phenolic OH excluding ortho intramolecular Hbond substituents is 2. The van der Waals surface area contributed by atoms with Crippen LogP contribution < -0.4 is 10.6 Å². The van der Waals surface area contributed by atoms with Crippen molar-refractivity contribution in [2.45, 2.75) is 38.3 Å². The summed E-state index contributed by atoms with van der Waals surface area (Å²) in [6.07, 6.45) is 3.41. The number of hydrogen-bond acceptors (Lipinski definition) is 4. The average molecular weight is 264 g/mol. The molecule has 2 atom stereocenters. The number of piperidine rings is 1. The Hall–Kier alpha value is -1.75. The highest BCUT2D eigenvalue weighted by Crippen LogP contribution is 2.24. The zero-order valence-electron chi connectivity index (χ0n) is 11.0. The Morgan fingerprint density at radius 1 is 1.37 bits per heavy atom. The molecule has 1 aliphatic rings. The third-order valence-corrected chi connectivity index (χ3v) is 3.46. The number of carbonyl (C=O) groups is 1. The van der Waals surface area contributed by atoms with E-state index in [1.807, 2.05) is 0 Å². The van der Waals surface area contributed by atoms with Crippen LogP contribution in [0.3, 0.4) is 0 Å². The molecule has 0 bridgehead atoms. The Labute approximate surface area is 112 Å². The number of carbonyl (C=O) groups excluding carboxylic acids is 1. The van der Waals surface area contributed by atoms with E-state index in [2.05, 4.69) is 17.6 Å². The first kappa shape index (κ1) is 13.7. The number of benzene rings is 1. The lowest BCUT2D eigenvalue weighted by molar-refractivity contribution is 0.0946. The van der Waals surface area contributed by atoms with Crippen molar-refractivity contribution in [3.8, 4) is 11.5 Å². The van der Waals surface area contributed by atoms with Crippen molar-refractivity contribution in [1.29, 1.82) is 0 Å². The molecule has 1 amide bonds. The average Bonchev–Trinajstić information content (AvgIpc) is 2.39. The lowest BCUT2D eigenvalue weighted by atomic mass is 9.99. The van der Waals surface area contributed by atoms with Crippen LogP contribution in [0.1, 0.15) is 36.5 Å². The Morgan fingerprint density at radius 2 is 2.16 bits per heavy atom. The number of rotatable bonds is 3. The molecule has 1 aromatic rings. The van der Waals surface area contributed by atoms with Gasteiger partial charge in [-0.3, -0.25) is 4.79 Å². The van der Waals surface area contributed by atoms with E-state index in [0.717, 1.165) is 6.42 Å². The van der Waals surface area contributed by atoms with Gasteiger partial charge in [-0.15, -0.1) is 0 Å². The molecule has 5 nitrogen and oxygen atoms in total. The number of amides is 1. The van der Waals surface area contributed by atoms with Crippen LogP contribution in [0.4, 0.5) is 0 Å². The number of aromatic hydroxyl groups is 2. The molecule has 0 radical (unpaired) electrons. The minimum absolute atomic E-state index is 0.223. The summed E-state index contributed by atoms with van der Waals surface area (Å²) in [6, 6.07) is 4.86. The fraction of sp³-hybridized carbons (Fsp3) is 0.500. The molecule has 0 saturated carbocycles. The van der Waals surface area contributed by atoms with Crippen LogP contribution in [-0.2, 0) is 0 Å². The van der Waals surface area contributed by atoms with Crippen molar-refractivity contribution in [3.05, 3.63) is 23.8 Å². The van der Waals surface area contributed by atoms with Gasteiger partial charge in [0.15, 0.2) is 11.5 Å². The van der Waals surface area contributed by atoms with Gasteiger partial charge < -0.3 is 20.8 Å². The van der Waals surface area contributed by atoms with E-state index in [1.165, 1.54) is 31.0 Å². The minimum Gasteiger partial charge on any atom is -0.504 e. The van der Waals surface area contributed by atoms with Gasteiger partial charge in [-0.05, 0) is 38.0 Å². The van der Waals surface area contributed by atoms with Crippen molar-refractivity contribution in [1.82, 2.24) is 10.6 Å². The van der Waals surface area contributed by atoms with Crippen molar-refractivity contribution in [2.24, 2.45) is 0 Å². The molecule has 0 aliphatic carbocycles. The third-order valence-electron chi connectivity index (χ3n) is 3.46. The van der Waals surface area contributed by atoms with Gasteiger partial charge in [0.05, 0.1) is 0 Å². The summed E-state index contributed by atoms with van der Waals surface area (Å²) in [5.74, 6) is -0.744. The summed E-state index contributed by atoms with van der Waals surface area (Å²) in [6.45, 7) is 2.72. The maximum Gasteiger partial charge on any atom is 0.251 e. The largest absolute Gasteiger partial charge is 0.504 e. The molecule has 104 valence electrons. The topological polar surface area (TPSA) is 81.6 Å². The molecule has 0 spiro atoms. The van der Waals surface area contributed by atoms with Gasteiger partial charge in [0, 0.05) is 24.2 Å². The molecule has 1 aliphatic heterocycles. The van der Waals surface area contributed by atoms with Crippen LogP contribution in [0.25, 0.3) is 0 Å². The third kappa shape index (κ3) is 3.61. The van der Waals surface area contributed by atoms with E-state index < -0.39 is 0 Å². The summed E-state index contributed by atoms with van der Waals surface area (Å²) >= 11 is 0. The molecule has 1 heterocycles. The minimum atomic E-state index is -0.280. The fourth-order valence-corrected chi connectivity index (χ4v) is 2.38. The van der Waals surface area contributed by atoms with Gasteiger partial charge in [-0.25, -0.2) is 0 Å². The van der Waals surface area contributed by atoms with E-state index in [0.29, 0.717) is 24.2 Å². The maximum absolute atomic E-state index is 11.9. The predicted molar refractivity (Wildman–Crippen MR) is 72.3 cm³/mol. The summed E-state index contributed by atoms with van der Waals surface area (Å²) in [7, 11) is 0. The summed E-state index contributed by atoms with van der Waals surface area (Å²) < 4.78 is 0. The second kappa shape index (κ2) is 5.93. The predicted octanol–water partition coefficient (Wildman–Crippen LogP) is 1.36. The summed E-state index contributed by atoms with van der Waals surface area (Å²) in [5.41, 5.74) is 0.346. The molecule has 2 unspecified atom stereocenters. The van der Waals surface area contributed by atoms with E-state index >= 15 is 0 Å². The molecule has 19 heavy (non-hydrogen) atoms. The van der Waals surface area contributed by atoms with Crippen molar-refractivity contribution < 1.29 is 15.0 Å². The molecule has 1 aromatic carbocycles. The van der Waals surface area contributed by atoms with E-state index in [4.69, 9.17) is 0 Å². The van der Waals surface area contributed by atoms with E-state index in [9.17, 15) is 15.0 Å². The van der Waals surface area contributed by atoms with Gasteiger partial charge in [-0.2, -0.15) is 0 Å². The molecule has 2 rings (SSSR count). The van der Waals surface area contributed by atoms with Crippen LogP contribution in [0.5, 0.6) is 11.5 Å². The maximum atomic E-state index is 11.9. The molecule has 5 heteroatoms. The monoisotopic (exact) mass is 264 g/mol. The quantitative estimate of drug-likeness (QED) is 0.621. The smallest absolute Gasteiger partial charge is 0.251 e. The molecule has 1 saturated heterocycles.